The van der Waals surface area contributed by atoms with Crippen molar-refractivity contribution in [3.8, 4) is 5.75 Å². The molecule has 1 heterocycles. The number of benzene rings is 1. The summed E-state index contributed by atoms with van der Waals surface area (Å²) in [4.78, 5) is 25.4. The van der Waals surface area contributed by atoms with Crippen molar-refractivity contribution in [2.45, 2.75) is 33.6 Å². The van der Waals surface area contributed by atoms with E-state index >= 15 is 0 Å². The fourth-order valence-corrected chi connectivity index (χ4v) is 2.81. The third-order valence-electron chi connectivity index (χ3n) is 3.74. The van der Waals surface area contributed by atoms with Crippen LogP contribution in [-0.2, 0) is 22.4 Å². The Morgan fingerprint density at radius 3 is 1.73 bits per heavy atom. The summed E-state index contributed by atoms with van der Waals surface area (Å²) in [6.07, 6.45) is 3.74. The highest BCUT2D eigenvalue weighted by Gasteiger charge is 2.27. The van der Waals surface area contributed by atoms with E-state index < -0.39 is 0 Å². The second-order valence-corrected chi connectivity index (χ2v) is 6.95. The first-order valence-electron chi connectivity index (χ1n) is 8.47. The molecule has 0 N–H and O–H groups in total. The Kier molecular flexibility index (Phi) is 5.98. The smallest absolute Gasteiger partial charge is 0.258 e. The molecule has 0 saturated heterocycles. The number of carbonyl (C=O) groups is 2. The van der Waals surface area contributed by atoms with Gasteiger partial charge in [0.2, 0.25) is 0 Å². The van der Waals surface area contributed by atoms with Crippen LogP contribution in [0, 0.1) is 0 Å². The Hall–Kier alpha value is -2.88. The molecule has 1 aromatic rings. The molecular formula is C22H25NO3. The van der Waals surface area contributed by atoms with Crippen LogP contribution in [0.25, 0.3) is 0 Å². The molecule has 0 fully saturated rings. The molecule has 4 nitrogen and oxygen atoms in total. The molecule has 0 spiro atoms. The van der Waals surface area contributed by atoms with Gasteiger partial charge in [0, 0.05) is 23.3 Å². The highest BCUT2D eigenvalue weighted by Crippen LogP contribution is 2.34. The molecule has 4 heteroatoms. The first-order valence-corrected chi connectivity index (χ1v) is 8.47. The van der Waals surface area contributed by atoms with Crippen LogP contribution in [-0.4, -0.2) is 18.4 Å². The van der Waals surface area contributed by atoms with Crippen molar-refractivity contribution in [1.29, 1.82) is 0 Å². The van der Waals surface area contributed by atoms with Crippen LogP contribution < -0.4 is 9.64 Å². The molecule has 0 aromatic heterocycles. The lowest BCUT2D eigenvalue weighted by molar-refractivity contribution is -0.119. The van der Waals surface area contributed by atoms with Gasteiger partial charge in [-0.1, -0.05) is 30.9 Å². The topological polar surface area (TPSA) is 46.6 Å². The quantitative estimate of drug-likeness (QED) is 0.518. The van der Waals surface area contributed by atoms with Crippen molar-refractivity contribution >= 4 is 17.5 Å². The summed E-state index contributed by atoms with van der Waals surface area (Å²) in [5, 5.41) is 0. The first-order chi connectivity index (χ1) is 12.2. The SMILES string of the molecule is C=C(C)COc1c(CC(=C)C)cc(N2C(=O)C=CC2=O)cc1CC(=C)C. The summed E-state index contributed by atoms with van der Waals surface area (Å²) in [5.41, 5.74) is 5.15. The van der Waals surface area contributed by atoms with Gasteiger partial charge in [-0.15, -0.1) is 0 Å². The number of rotatable bonds is 8. The fourth-order valence-electron chi connectivity index (χ4n) is 2.81. The van der Waals surface area contributed by atoms with E-state index in [-0.39, 0.29) is 11.8 Å². The predicted octanol–water partition coefficient (Wildman–Crippen LogP) is 4.31. The van der Waals surface area contributed by atoms with Gasteiger partial charge in [0.1, 0.15) is 12.4 Å². The van der Waals surface area contributed by atoms with Crippen molar-refractivity contribution in [1.82, 2.24) is 0 Å². The number of carbonyl (C=O) groups excluding carboxylic acids is 2. The number of nitrogens with zero attached hydrogens (tertiary/aromatic N) is 1. The molecule has 26 heavy (non-hydrogen) atoms. The zero-order valence-electron chi connectivity index (χ0n) is 15.7. The molecule has 1 aliphatic rings. The van der Waals surface area contributed by atoms with Crippen LogP contribution in [0.2, 0.25) is 0 Å². The van der Waals surface area contributed by atoms with Crippen LogP contribution in [0.3, 0.4) is 0 Å². The molecule has 136 valence electrons. The van der Waals surface area contributed by atoms with Crippen molar-refractivity contribution in [2.75, 3.05) is 11.5 Å². The van der Waals surface area contributed by atoms with Gasteiger partial charge in [-0.2, -0.15) is 0 Å². The van der Waals surface area contributed by atoms with E-state index in [1.807, 2.05) is 32.9 Å². The van der Waals surface area contributed by atoms with E-state index in [0.29, 0.717) is 25.1 Å². The van der Waals surface area contributed by atoms with Crippen molar-refractivity contribution < 1.29 is 14.3 Å². The largest absolute Gasteiger partial charge is 0.489 e. The monoisotopic (exact) mass is 351 g/mol. The number of allylic oxidation sites excluding steroid dienone is 2. The van der Waals surface area contributed by atoms with Crippen LogP contribution >= 0.6 is 0 Å². The molecule has 1 aromatic carbocycles. The summed E-state index contributed by atoms with van der Waals surface area (Å²) in [6.45, 7) is 18.0. The van der Waals surface area contributed by atoms with Gasteiger partial charge in [-0.25, -0.2) is 4.90 Å². The Morgan fingerprint density at radius 2 is 1.35 bits per heavy atom. The highest BCUT2D eigenvalue weighted by atomic mass is 16.5. The predicted molar refractivity (Wildman–Crippen MR) is 105 cm³/mol. The van der Waals surface area contributed by atoms with Crippen molar-refractivity contribution in [2.24, 2.45) is 0 Å². The van der Waals surface area contributed by atoms with Gasteiger partial charge >= 0.3 is 0 Å². The molecule has 2 rings (SSSR count). The van der Waals surface area contributed by atoms with Crippen molar-refractivity contribution in [3.05, 3.63) is 71.9 Å². The maximum atomic E-state index is 12.1. The van der Waals surface area contributed by atoms with E-state index in [9.17, 15) is 9.59 Å². The molecule has 0 unspecified atom stereocenters. The Labute approximate surface area is 155 Å². The summed E-state index contributed by atoms with van der Waals surface area (Å²) < 4.78 is 6.02. The molecule has 2 amide bonds. The van der Waals surface area contributed by atoms with Crippen LogP contribution in [0.4, 0.5) is 5.69 Å². The second kappa shape index (κ2) is 8.00. The zero-order valence-corrected chi connectivity index (χ0v) is 15.7. The van der Waals surface area contributed by atoms with E-state index in [2.05, 4.69) is 19.7 Å². The fraction of sp³-hybridized carbons (Fsp3) is 0.273. The van der Waals surface area contributed by atoms with Crippen LogP contribution in [0.1, 0.15) is 31.9 Å². The standard InChI is InChI=1S/C22H25NO3/c1-14(2)9-17-11-19(23-20(24)7-8-21(23)25)12-18(10-15(3)4)22(17)26-13-16(5)6/h7-8,11-12H,1,3,5,9-10,13H2,2,4,6H3. The molecule has 0 radical (unpaired) electrons. The minimum absolute atomic E-state index is 0.340. The summed E-state index contributed by atoms with van der Waals surface area (Å²) in [5.74, 6) is 0.0658. The normalized spacial score (nSPS) is 13.3. The highest BCUT2D eigenvalue weighted by molar-refractivity contribution is 6.28. The van der Waals surface area contributed by atoms with E-state index in [1.54, 1.807) is 0 Å². The summed E-state index contributed by atoms with van der Waals surface area (Å²) >= 11 is 0. The number of anilines is 1. The number of imide groups is 1. The molecule has 0 aliphatic carbocycles. The molecule has 0 bridgehead atoms. The minimum Gasteiger partial charge on any atom is -0.489 e. The Balaban J connectivity index is 2.59. The van der Waals surface area contributed by atoms with Gasteiger partial charge in [0.05, 0.1) is 5.69 Å². The van der Waals surface area contributed by atoms with E-state index in [0.717, 1.165) is 33.6 Å². The molecular weight excluding hydrogens is 326 g/mol. The third kappa shape index (κ3) is 4.60. The van der Waals surface area contributed by atoms with E-state index in [1.165, 1.54) is 17.1 Å². The maximum Gasteiger partial charge on any atom is 0.258 e. The Bertz CT molecular complexity index is 775. The first kappa shape index (κ1) is 19.4. The van der Waals surface area contributed by atoms with Gasteiger partial charge in [0.15, 0.2) is 0 Å². The van der Waals surface area contributed by atoms with E-state index in [4.69, 9.17) is 4.74 Å². The third-order valence-corrected chi connectivity index (χ3v) is 3.74. The number of hydrogen-bond acceptors (Lipinski definition) is 3. The lowest BCUT2D eigenvalue weighted by atomic mass is 9.97. The maximum absolute atomic E-state index is 12.1. The lowest BCUT2D eigenvalue weighted by Gasteiger charge is -2.21. The molecule has 0 saturated carbocycles. The van der Waals surface area contributed by atoms with Crippen LogP contribution in [0.5, 0.6) is 5.75 Å². The summed E-state index contributed by atoms with van der Waals surface area (Å²) in [6, 6.07) is 3.65. The average molecular weight is 351 g/mol. The Morgan fingerprint density at radius 1 is 0.885 bits per heavy atom. The summed E-state index contributed by atoms with van der Waals surface area (Å²) in [7, 11) is 0. The number of amides is 2. The molecule has 1 aliphatic heterocycles. The average Bonchev–Trinajstić information content (AvgIpc) is 2.83. The van der Waals surface area contributed by atoms with Crippen LogP contribution in [0.15, 0.2) is 60.7 Å². The number of hydrogen-bond donors (Lipinski definition) is 0. The van der Waals surface area contributed by atoms with Gasteiger partial charge in [-0.3, -0.25) is 9.59 Å². The molecule has 0 atom stereocenters. The minimum atomic E-state index is -0.340. The van der Waals surface area contributed by atoms with Gasteiger partial charge < -0.3 is 4.74 Å². The second-order valence-electron chi connectivity index (χ2n) is 6.95. The van der Waals surface area contributed by atoms with Crippen molar-refractivity contribution in [3.63, 3.8) is 0 Å². The number of ether oxygens (including phenoxy) is 1. The van der Waals surface area contributed by atoms with Gasteiger partial charge in [0.25, 0.3) is 11.8 Å². The zero-order chi connectivity index (χ0) is 19.4. The lowest BCUT2D eigenvalue weighted by Crippen LogP contribution is -2.29. The van der Waals surface area contributed by atoms with Gasteiger partial charge in [-0.05, 0) is 51.3 Å².